The Morgan fingerprint density at radius 3 is 2.88 bits per heavy atom. The number of phenolic OH excluding ortho intramolecular Hbond substituents is 1. The molecular weight excluding hydrogens is 258 g/mol. The van der Waals surface area contributed by atoms with Crippen LogP contribution in [-0.4, -0.2) is 22.4 Å². The highest BCUT2D eigenvalue weighted by Gasteiger charge is 2.23. The van der Waals surface area contributed by atoms with E-state index < -0.39 is 0 Å². The SMILES string of the molecule is COc1cccc(O)c1/C=C1\SC(=S)NC1=O. The number of thioether (sulfide) groups is 1. The number of aromatic hydroxyl groups is 1. The monoisotopic (exact) mass is 267 g/mol. The smallest absolute Gasteiger partial charge is 0.263 e. The zero-order chi connectivity index (χ0) is 12.4. The van der Waals surface area contributed by atoms with Gasteiger partial charge in [0.25, 0.3) is 5.91 Å². The fraction of sp³-hybridized carbons (Fsp3) is 0.0909. The molecule has 1 aromatic carbocycles. The Balaban J connectivity index is 2.45. The Kier molecular flexibility index (Phi) is 3.35. The second-order valence-electron chi connectivity index (χ2n) is 3.25. The standard InChI is InChI=1S/C11H9NO3S2/c1-15-8-4-2-3-7(13)6(8)5-9-10(14)12-11(16)17-9/h2-5,13H,1H3,(H,12,14,16)/b9-5-. The number of hydrogen-bond donors (Lipinski definition) is 2. The highest BCUT2D eigenvalue weighted by atomic mass is 32.2. The van der Waals surface area contributed by atoms with Crippen molar-refractivity contribution >= 4 is 40.3 Å². The van der Waals surface area contributed by atoms with Gasteiger partial charge in [0.05, 0.1) is 17.6 Å². The first-order valence-corrected chi connectivity index (χ1v) is 5.95. The second kappa shape index (κ2) is 4.77. The largest absolute Gasteiger partial charge is 0.507 e. The molecule has 17 heavy (non-hydrogen) atoms. The molecule has 0 unspecified atom stereocenters. The van der Waals surface area contributed by atoms with E-state index in [2.05, 4.69) is 5.32 Å². The molecule has 0 aromatic heterocycles. The molecule has 0 atom stereocenters. The molecule has 1 saturated heterocycles. The van der Waals surface area contributed by atoms with E-state index in [-0.39, 0.29) is 11.7 Å². The molecule has 1 fully saturated rings. The zero-order valence-corrected chi connectivity index (χ0v) is 10.5. The lowest BCUT2D eigenvalue weighted by molar-refractivity contribution is -0.115. The van der Waals surface area contributed by atoms with Crippen molar-refractivity contribution in [2.24, 2.45) is 0 Å². The lowest BCUT2D eigenvalue weighted by Gasteiger charge is -2.06. The summed E-state index contributed by atoms with van der Waals surface area (Å²) >= 11 is 6.04. The summed E-state index contributed by atoms with van der Waals surface area (Å²) in [5.41, 5.74) is 0.470. The van der Waals surface area contributed by atoms with Crippen LogP contribution in [0.4, 0.5) is 0 Å². The van der Waals surface area contributed by atoms with Gasteiger partial charge in [-0.15, -0.1) is 0 Å². The first-order chi connectivity index (χ1) is 8.11. The van der Waals surface area contributed by atoms with Gasteiger partial charge in [-0.3, -0.25) is 4.79 Å². The fourth-order valence-electron chi connectivity index (χ4n) is 1.41. The minimum absolute atomic E-state index is 0.0584. The molecule has 4 nitrogen and oxygen atoms in total. The van der Waals surface area contributed by atoms with Crippen LogP contribution in [0, 0.1) is 0 Å². The predicted molar refractivity (Wildman–Crippen MR) is 71.0 cm³/mol. The van der Waals surface area contributed by atoms with Crippen LogP contribution in [0.25, 0.3) is 6.08 Å². The zero-order valence-electron chi connectivity index (χ0n) is 8.89. The fourth-order valence-corrected chi connectivity index (χ4v) is 2.43. The van der Waals surface area contributed by atoms with E-state index in [1.807, 2.05) is 0 Å². The van der Waals surface area contributed by atoms with Crippen molar-refractivity contribution in [3.63, 3.8) is 0 Å². The summed E-state index contributed by atoms with van der Waals surface area (Å²) in [6.45, 7) is 0. The molecule has 1 aromatic rings. The number of thiocarbonyl (C=S) groups is 1. The molecule has 1 aliphatic rings. The Bertz CT molecular complexity index is 525. The van der Waals surface area contributed by atoms with E-state index in [0.29, 0.717) is 20.5 Å². The Hall–Kier alpha value is -1.53. The van der Waals surface area contributed by atoms with E-state index in [1.165, 1.54) is 13.2 Å². The maximum atomic E-state index is 11.5. The van der Waals surface area contributed by atoms with E-state index >= 15 is 0 Å². The molecule has 6 heteroatoms. The van der Waals surface area contributed by atoms with Crippen LogP contribution in [0.15, 0.2) is 23.1 Å². The van der Waals surface area contributed by atoms with Crippen molar-refractivity contribution in [2.75, 3.05) is 7.11 Å². The maximum absolute atomic E-state index is 11.5. The predicted octanol–water partition coefficient (Wildman–Crippen LogP) is 1.89. The molecular formula is C11H9NO3S2. The number of nitrogens with one attached hydrogen (secondary N) is 1. The van der Waals surface area contributed by atoms with Gasteiger partial charge in [-0.1, -0.05) is 30.0 Å². The van der Waals surface area contributed by atoms with Crippen LogP contribution in [0.3, 0.4) is 0 Å². The number of methoxy groups -OCH3 is 1. The average Bonchev–Trinajstić information content (AvgIpc) is 2.60. The Morgan fingerprint density at radius 2 is 2.29 bits per heavy atom. The summed E-state index contributed by atoms with van der Waals surface area (Å²) in [7, 11) is 1.50. The quantitative estimate of drug-likeness (QED) is 0.633. The van der Waals surface area contributed by atoms with Crippen molar-refractivity contribution in [1.82, 2.24) is 5.32 Å². The second-order valence-corrected chi connectivity index (χ2v) is 4.96. The summed E-state index contributed by atoms with van der Waals surface area (Å²) in [6, 6.07) is 4.91. The van der Waals surface area contributed by atoms with Gasteiger partial charge in [-0.25, -0.2) is 0 Å². The molecule has 0 radical (unpaired) electrons. The lowest BCUT2D eigenvalue weighted by atomic mass is 10.1. The van der Waals surface area contributed by atoms with Gasteiger partial charge in [0, 0.05) is 0 Å². The molecule has 1 aliphatic heterocycles. The molecule has 88 valence electrons. The Morgan fingerprint density at radius 1 is 1.53 bits per heavy atom. The summed E-state index contributed by atoms with van der Waals surface area (Å²) < 4.78 is 5.53. The first kappa shape index (κ1) is 11.9. The first-order valence-electron chi connectivity index (χ1n) is 4.72. The topological polar surface area (TPSA) is 58.6 Å². The van der Waals surface area contributed by atoms with E-state index in [9.17, 15) is 9.90 Å². The summed E-state index contributed by atoms with van der Waals surface area (Å²) in [6.07, 6.45) is 1.56. The normalized spacial score (nSPS) is 17.4. The van der Waals surface area contributed by atoms with Crippen LogP contribution in [0.2, 0.25) is 0 Å². The number of rotatable bonds is 2. The van der Waals surface area contributed by atoms with Crippen LogP contribution in [0.5, 0.6) is 11.5 Å². The van der Waals surface area contributed by atoms with Crippen LogP contribution >= 0.6 is 24.0 Å². The van der Waals surface area contributed by atoms with Crippen molar-refractivity contribution in [3.05, 3.63) is 28.7 Å². The number of benzene rings is 1. The van der Waals surface area contributed by atoms with Crippen molar-refractivity contribution in [2.45, 2.75) is 0 Å². The van der Waals surface area contributed by atoms with Gasteiger partial charge < -0.3 is 15.2 Å². The highest BCUT2D eigenvalue weighted by molar-refractivity contribution is 8.26. The van der Waals surface area contributed by atoms with E-state index in [1.54, 1.807) is 18.2 Å². The number of hydrogen-bond acceptors (Lipinski definition) is 5. The van der Waals surface area contributed by atoms with Gasteiger partial charge in [0.15, 0.2) is 0 Å². The Labute approximate surface area is 108 Å². The molecule has 2 rings (SSSR count). The molecule has 0 saturated carbocycles. The molecule has 2 N–H and O–H groups in total. The van der Waals surface area contributed by atoms with E-state index in [0.717, 1.165) is 11.8 Å². The van der Waals surface area contributed by atoms with Gasteiger partial charge in [0.2, 0.25) is 0 Å². The van der Waals surface area contributed by atoms with Gasteiger partial charge in [0.1, 0.15) is 15.8 Å². The number of amides is 1. The maximum Gasteiger partial charge on any atom is 0.263 e. The molecule has 1 heterocycles. The van der Waals surface area contributed by atoms with Crippen LogP contribution in [0.1, 0.15) is 5.56 Å². The number of carbonyl (C=O) groups is 1. The number of phenols is 1. The van der Waals surface area contributed by atoms with Gasteiger partial charge >= 0.3 is 0 Å². The third kappa shape index (κ3) is 2.42. The minimum atomic E-state index is -0.259. The minimum Gasteiger partial charge on any atom is -0.507 e. The molecule has 0 spiro atoms. The highest BCUT2D eigenvalue weighted by Crippen LogP contribution is 2.33. The lowest BCUT2D eigenvalue weighted by Crippen LogP contribution is -2.17. The third-order valence-corrected chi connectivity index (χ3v) is 3.34. The average molecular weight is 267 g/mol. The van der Waals surface area contributed by atoms with Crippen LogP contribution in [-0.2, 0) is 4.79 Å². The van der Waals surface area contributed by atoms with Crippen LogP contribution < -0.4 is 10.1 Å². The summed E-state index contributed by atoms with van der Waals surface area (Å²) in [5.74, 6) is 0.303. The number of carbonyl (C=O) groups excluding carboxylic acids is 1. The molecule has 0 bridgehead atoms. The van der Waals surface area contributed by atoms with Crippen molar-refractivity contribution in [3.8, 4) is 11.5 Å². The third-order valence-electron chi connectivity index (χ3n) is 2.18. The van der Waals surface area contributed by atoms with Crippen molar-refractivity contribution in [1.29, 1.82) is 0 Å². The van der Waals surface area contributed by atoms with Gasteiger partial charge in [-0.2, -0.15) is 0 Å². The van der Waals surface area contributed by atoms with Crippen molar-refractivity contribution < 1.29 is 14.6 Å². The molecule has 1 amide bonds. The van der Waals surface area contributed by atoms with E-state index in [4.69, 9.17) is 17.0 Å². The molecule has 0 aliphatic carbocycles. The number of ether oxygens (including phenoxy) is 1. The van der Waals surface area contributed by atoms with Gasteiger partial charge in [-0.05, 0) is 18.2 Å². The summed E-state index contributed by atoms with van der Waals surface area (Å²) in [5, 5.41) is 12.2. The summed E-state index contributed by atoms with van der Waals surface area (Å²) in [4.78, 5) is 11.9.